The molecule has 0 aromatic heterocycles. The van der Waals surface area contributed by atoms with Crippen LogP contribution in [-0.4, -0.2) is 40.3 Å². The van der Waals surface area contributed by atoms with Gasteiger partial charge >= 0.3 is 6.09 Å². The molecule has 0 aliphatic heterocycles. The van der Waals surface area contributed by atoms with E-state index in [2.05, 4.69) is 0 Å². The van der Waals surface area contributed by atoms with E-state index < -0.39 is 31.9 Å². The van der Waals surface area contributed by atoms with Crippen molar-refractivity contribution in [2.45, 2.75) is 43.0 Å². The molecule has 6 nitrogen and oxygen atoms in total. The highest BCUT2D eigenvalue weighted by Gasteiger charge is 2.67. The molecule has 1 rings (SSSR count). The number of rotatable bonds is 2. The molecule has 16 heavy (non-hydrogen) atoms. The van der Waals surface area contributed by atoms with Gasteiger partial charge in [0.25, 0.3) is 0 Å². The molecule has 1 amide bonds. The molecule has 94 valence electrons. The molecule has 1 aliphatic rings. The monoisotopic (exact) mass is 270 g/mol. The third kappa shape index (κ3) is 2.11. The zero-order chi connectivity index (χ0) is 12.9. The van der Waals surface area contributed by atoms with E-state index in [1.165, 1.54) is 0 Å². The normalized spacial score (nSPS) is 29.9. The second-order valence-corrected chi connectivity index (χ2v) is 7.59. The number of primary sulfonamides is 1. The van der Waals surface area contributed by atoms with E-state index in [-0.39, 0.29) is 6.42 Å². The maximum Gasteiger partial charge on any atom is 0.408 e. The highest BCUT2D eigenvalue weighted by molar-refractivity contribution is 7.92. The van der Waals surface area contributed by atoms with Crippen molar-refractivity contribution in [3.63, 3.8) is 0 Å². The third-order valence-electron chi connectivity index (χ3n) is 2.52. The van der Waals surface area contributed by atoms with E-state index in [4.69, 9.17) is 21.8 Å². The Bertz CT molecular complexity index is 416. The molecular formula is C8H15ClN2O4S. The number of hydrogen-bond acceptors (Lipinski definition) is 3. The maximum atomic E-state index is 11.2. The molecule has 2 atom stereocenters. The first-order valence-corrected chi connectivity index (χ1v) is 6.57. The van der Waals surface area contributed by atoms with Gasteiger partial charge in [-0.25, -0.2) is 18.4 Å². The Morgan fingerprint density at radius 1 is 1.56 bits per heavy atom. The number of hydrogen-bond donors (Lipinski definition) is 2. The summed E-state index contributed by atoms with van der Waals surface area (Å²) in [6.07, 6.45) is -1.18. The van der Waals surface area contributed by atoms with Crippen LogP contribution in [0.15, 0.2) is 0 Å². The van der Waals surface area contributed by atoms with Gasteiger partial charge in [-0.15, -0.1) is 0 Å². The van der Waals surface area contributed by atoms with Crippen LogP contribution >= 0.6 is 11.6 Å². The number of sulfonamides is 1. The first-order valence-electron chi connectivity index (χ1n) is 4.65. The van der Waals surface area contributed by atoms with E-state index in [0.717, 1.165) is 4.90 Å². The number of carboxylic acid groups (broad SMARTS) is 1. The van der Waals surface area contributed by atoms with E-state index >= 15 is 0 Å². The minimum atomic E-state index is -3.96. The Morgan fingerprint density at radius 3 is 2.19 bits per heavy atom. The summed E-state index contributed by atoms with van der Waals surface area (Å²) in [5.74, 6) is 0. The minimum Gasteiger partial charge on any atom is -0.465 e. The van der Waals surface area contributed by atoms with Gasteiger partial charge in [-0.05, 0) is 20.8 Å². The summed E-state index contributed by atoms with van der Waals surface area (Å²) in [6.45, 7) is 5.00. The Balaban J connectivity index is 3.02. The zero-order valence-corrected chi connectivity index (χ0v) is 10.8. The average molecular weight is 271 g/mol. The van der Waals surface area contributed by atoms with Crippen molar-refractivity contribution in [1.82, 2.24) is 4.90 Å². The van der Waals surface area contributed by atoms with Crippen LogP contribution in [0.4, 0.5) is 4.79 Å². The number of amides is 1. The molecule has 1 fully saturated rings. The maximum absolute atomic E-state index is 11.2. The Kier molecular flexibility index (Phi) is 2.94. The Labute approximate surface area is 99.4 Å². The van der Waals surface area contributed by atoms with Crippen molar-refractivity contribution in [1.29, 1.82) is 0 Å². The fraction of sp³-hybridized carbons (Fsp3) is 0.875. The van der Waals surface area contributed by atoms with E-state index in [9.17, 15) is 13.2 Å². The first kappa shape index (κ1) is 13.5. The summed E-state index contributed by atoms with van der Waals surface area (Å²) in [6, 6.07) is -0.790. The molecular weight excluding hydrogens is 256 g/mol. The van der Waals surface area contributed by atoms with Gasteiger partial charge in [-0.1, -0.05) is 11.6 Å². The number of alkyl halides is 1. The first-order chi connectivity index (χ1) is 6.91. The number of nitrogens with zero attached hydrogens (tertiary/aromatic N) is 1. The van der Waals surface area contributed by atoms with Crippen LogP contribution in [0, 0.1) is 0 Å². The SMILES string of the molecule is CC(C)(C)N(C(=O)O)C1CC1(Cl)S(N)(=O)=O. The van der Waals surface area contributed by atoms with Crippen LogP contribution in [0.1, 0.15) is 27.2 Å². The second kappa shape index (κ2) is 3.48. The van der Waals surface area contributed by atoms with Crippen molar-refractivity contribution in [3.8, 4) is 0 Å². The highest BCUT2D eigenvalue weighted by atomic mass is 35.5. The molecule has 0 spiro atoms. The van der Waals surface area contributed by atoms with Gasteiger partial charge in [0.05, 0.1) is 6.04 Å². The summed E-state index contributed by atoms with van der Waals surface area (Å²) >= 11 is 5.81. The molecule has 0 aromatic rings. The van der Waals surface area contributed by atoms with E-state index in [0.29, 0.717) is 0 Å². The molecule has 0 aromatic carbocycles. The molecule has 0 radical (unpaired) electrons. The number of halogens is 1. The van der Waals surface area contributed by atoms with Crippen molar-refractivity contribution >= 4 is 27.7 Å². The van der Waals surface area contributed by atoms with Crippen LogP contribution in [0.3, 0.4) is 0 Å². The van der Waals surface area contributed by atoms with Crippen LogP contribution in [-0.2, 0) is 10.0 Å². The summed E-state index contributed by atoms with van der Waals surface area (Å²) < 4.78 is 20.7. The number of carbonyl (C=O) groups is 1. The van der Waals surface area contributed by atoms with Crippen LogP contribution < -0.4 is 5.14 Å². The topological polar surface area (TPSA) is 101 Å². The lowest BCUT2D eigenvalue weighted by atomic mass is 10.1. The molecule has 1 aliphatic carbocycles. The van der Waals surface area contributed by atoms with E-state index in [1.807, 2.05) is 0 Å². The summed E-state index contributed by atoms with van der Waals surface area (Å²) in [5.41, 5.74) is -0.724. The smallest absolute Gasteiger partial charge is 0.408 e. The molecule has 2 unspecified atom stereocenters. The second-order valence-electron chi connectivity index (χ2n) is 4.87. The molecule has 0 saturated heterocycles. The standard InChI is InChI=1S/C8H15ClN2O4S/c1-7(2,3)11(6(12)13)5-4-8(5,9)16(10,14)15/h5H,4H2,1-3H3,(H,12,13)(H2,10,14,15). The molecule has 8 heteroatoms. The van der Waals surface area contributed by atoms with Crippen molar-refractivity contribution in [3.05, 3.63) is 0 Å². The van der Waals surface area contributed by atoms with Crippen molar-refractivity contribution in [2.24, 2.45) is 5.14 Å². The summed E-state index contributed by atoms with van der Waals surface area (Å²) in [7, 11) is -3.96. The fourth-order valence-electron chi connectivity index (χ4n) is 1.68. The summed E-state index contributed by atoms with van der Waals surface area (Å²) in [5, 5.41) is 14.0. The van der Waals surface area contributed by atoms with Crippen LogP contribution in [0.25, 0.3) is 0 Å². The number of nitrogens with two attached hydrogens (primary N) is 1. The molecule has 3 N–H and O–H groups in total. The lowest BCUT2D eigenvalue weighted by Gasteiger charge is -2.34. The molecule has 0 heterocycles. The van der Waals surface area contributed by atoms with Crippen molar-refractivity contribution < 1.29 is 18.3 Å². The lowest BCUT2D eigenvalue weighted by Crippen LogP contribution is -2.49. The van der Waals surface area contributed by atoms with Gasteiger partial charge < -0.3 is 5.11 Å². The zero-order valence-electron chi connectivity index (χ0n) is 9.27. The quantitative estimate of drug-likeness (QED) is 0.724. The molecule has 1 saturated carbocycles. The highest BCUT2D eigenvalue weighted by Crippen LogP contribution is 2.51. The molecule has 0 bridgehead atoms. The van der Waals surface area contributed by atoms with Gasteiger partial charge in [0.15, 0.2) is 4.21 Å². The van der Waals surface area contributed by atoms with Crippen LogP contribution in [0.5, 0.6) is 0 Å². The predicted molar refractivity (Wildman–Crippen MR) is 59.7 cm³/mol. The minimum absolute atomic E-state index is 0.0248. The Morgan fingerprint density at radius 2 is 2.00 bits per heavy atom. The Hall–Kier alpha value is -0.530. The average Bonchev–Trinajstić information content (AvgIpc) is 2.57. The third-order valence-corrected chi connectivity index (χ3v) is 4.96. The van der Waals surface area contributed by atoms with Gasteiger partial charge in [-0.3, -0.25) is 4.90 Å². The van der Waals surface area contributed by atoms with E-state index in [1.54, 1.807) is 20.8 Å². The summed E-state index contributed by atoms with van der Waals surface area (Å²) in [4.78, 5) is 12.1. The van der Waals surface area contributed by atoms with Crippen molar-refractivity contribution in [2.75, 3.05) is 0 Å². The lowest BCUT2D eigenvalue weighted by molar-refractivity contribution is 0.0947. The van der Waals surface area contributed by atoms with Gasteiger partial charge in [0, 0.05) is 12.0 Å². The van der Waals surface area contributed by atoms with Gasteiger partial charge in [-0.2, -0.15) is 0 Å². The predicted octanol–water partition coefficient (Wildman–Crippen LogP) is 0.761. The largest absolute Gasteiger partial charge is 0.465 e. The van der Waals surface area contributed by atoms with Gasteiger partial charge in [0.2, 0.25) is 10.0 Å². The fourth-order valence-corrected chi connectivity index (χ4v) is 2.80. The van der Waals surface area contributed by atoms with Crippen LogP contribution in [0.2, 0.25) is 0 Å². The van der Waals surface area contributed by atoms with Gasteiger partial charge in [0.1, 0.15) is 0 Å².